The molecular formula is C102H106O18. The van der Waals surface area contributed by atoms with Crippen molar-refractivity contribution in [1.29, 1.82) is 0 Å². The molecule has 120 heavy (non-hydrogen) atoms. The molecule has 0 saturated carbocycles. The summed E-state index contributed by atoms with van der Waals surface area (Å²) in [5.41, 5.74) is 16.3. The predicted octanol–water partition coefficient (Wildman–Crippen LogP) is 19.6. The Morgan fingerprint density at radius 2 is 0.525 bits per heavy atom. The van der Waals surface area contributed by atoms with Gasteiger partial charge in [0.25, 0.3) is 0 Å². The van der Waals surface area contributed by atoms with Gasteiger partial charge in [-0.25, -0.2) is 14.4 Å². The van der Waals surface area contributed by atoms with E-state index in [0.29, 0.717) is 68.2 Å². The maximum absolute atomic E-state index is 11.7. The second kappa shape index (κ2) is 51.2. The maximum atomic E-state index is 11.7. The molecule has 0 aliphatic rings. The van der Waals surface area contributed by atoms with Crippen molar-refractivity contribution in [2.75, 3.05) is 52.9 Å². The van der Waals surface area contributed by atoms with E-state index in [1.165, 1.54) is 41.7 Å². The summed E-state index contributed by atoms with van der Waals surface area (Å²) in [5.74, 6) is 1.26. The monoisotopic (exact) mass is 1620 g/mol. The summed E-state index contributed by atoms with van der Waals surface area (Å²) in [7, 11) is 0. The summed E-state index contributed by atoms with van der Waals surface area (Å²) in [5, 5.41) is 46.0. The summed E-state index contributed by atoms with van der Waals surface area (Å²) in [6, 6.07) is 101. The molecule has 0 heterocycles. The number of aliphatic hydroxyl groups is 3. The lowest BCUT2D eigenvalue weighted by Gasteiger charge is -2.20. The van der Waals surface area contributed by atoms with E-state index in [2.05, 4.69) is 119 Å². The average Bonchev–Trinajstić information content (AvgIpc) is 0.840. The third kappa shape index (κ3) is 34.7. The SMILES string of the molecule is C=C(C)C(=O)OCC(COC(=O)C(=C)C)Oc1ccc(-c2ccc(OC(=O)C(=C)C)cc2)cc1.Cc1ccc(-c2ccc(O)cc2)cc1.Cc1ccc(-c2ccc(OC(COCc3ccccc3)COCc3ccccc3)cc2)cc1.OC(COCc1ccccc1)COCc1ccccc1.OCC(CO)Oc1ccc(-c2ccc(O)cc2)cc1. The molecule has 0 spiro atoms. The molecule has 12 aromatic rings. The Labute approximate surface area is 704 Å². The van der Waals surface area contributed by atoms with Gasteiger partial charge in [0.15, 0.2) is 6.10 Å². The topological polar surface area (TPSA) is 245 Å². The van der Waals surface area contributed by atoms with Crippen LogP contribution in [0.15, 0.2) is 352 Å². The first-order chi connectivity index (χ1) is 58.1. The number of hydrogen-bond acceptors (Lipinski definition) is 18. The number of carbonyl (C=O) groups excluding carboxylic acids is 3. The molecular weight excluding hydrogens is 1510 g/mol. The zero-order valence-electron chi connectivity index (χ0n) is 68.5. The molecule has 0 aliphatic heterocycles. The number of phenols is 2. The summed E-state index contributed by atoms with van der Waals surface area (Å²) in [6.45, 7) is 22.3. The minimum Gasteiger partial charge on any atom is -0.508 e. The van der Waals surface area contributed by atoms with Crippen LogP contribution in [0.4, 0.5) is 0 Å². The van der Waals surface area contributed by atoms with E-state index in [9.17, 15) is 24.6 Å². The van der Waals surface area contributed by atoms with Crippen molar-refractivity contribution in [1.82, 2.24) is 0 Å². The fourth-order valence-corrected chi connectivity index (χ4v) is 11.0. The predicted molar refractivity (Wildman–Crippen MR) is 470 cm³/mol. The zero-order chi connectivity index (χ0) is 85.6. The molecule has 0 amide bonds. The molecule has 0 aromatic heterocycles. The van der Waals surface area contributed by atoms with Crippen molar-refractivity contribution >= 4 is 17.9 Å². The fourth-order valence-electron chi connectivity index (χ4n) is 11.0. The van der Waals surface area contributed by atoms with Crippen LogP contribution < -0.4 is 18.9 Å². The van der Waals surface area contributed by atoms with Gasteiger partial charge in [0.2, 0.25) is 0 Å². The largest absolute Gasteiger partial charge is 0.508 e. The number of esters is 3. The van der Waals surface area contributed by atoms with Gasteiger partial charge >= 0.3 is 17.9 Å². The lowest BCUT2D eigenvalue weighted by atomic mass is 10.0. The Morgan fingerprint density at radius 1 is 0.292 bits per heavy atom. The molecule has 18 heteroatoms. The Morgan fingerprint density at radius 3 is 0.792 bits per heavy atom. The third-order valence-corrected chi connectivity index (χ3v) is 17.6. The molecule has 18 nitrogen and oxygen atoms in total. The molecule has 622 valence electrons. The number of aliphatic hydroxyl groups excluding tert-OH is 3. The molecule has 0 bridgehead atoms. The van der Waals surface area contributed by atoms with Crippen LogP contribution in [0.5, 0.6) is 34.5 Å². The summed E-state index contributed by atoms with van der Waals surface area (Å²) in [4.78, 5) is 35.1. The number of benzene rings is 12. The van der Waals surface area contributed by atoms with Crippen molar-refractivity contribution < 1.29 is 87.3 Å². The van der Waals surface area contributed by atoms with Crippen LogP contribution >= 0.6 is 0 Å². The number of carbonyl (C=O) groups is 3. The first-order valence-electron chi connectivity index (χ1n) is 39.2. The van der Waals surface area contributed by atoms with Crippen LogP contribution in [0.25, 0.3) is 44.5 Å². The quantitative estimate of drug-likeness (QED) is 0.0139. The number of aryl methyl sites for hydroxylation is 2. The first kappa shape index (κ1) is 92.5. The van der Waals surface area contributed by atoms with E-state index >= 15 is 0 Å². The Bertz CT molecular complexity index is 4810. The van der Waals surface area contributed by atoms with Crippen molar-refractivity contribution in [3.63, 3.8) is 0 Å². The van der Waals surface area contributed by atoms with Gasteiger partial charge in [-0.3, -0.25) is 0 Å². The van der Waals surface area contributed by atoms with E-state index in [-0.39, 0.29) is 62.6 Å². The number of phenolic OH excluding ortho intramolecular Hbond substituents is 2. The molecule has 0 radical (unpaired) electrons. The van der Waals surface area contributed by atoms with Gasteiger partial charge in [-0.2, -0.15) is 0 Å². The Kier molecular flexibility index (Phi) is 39.5. The number of aromatic hydroxyl groups is 2. The van der Waals surface area contributed by atoms with Gasteiger partial charge in [-0.05, 0) is 174 Å². The lowest BCUT2D eigenvalue weighted by Crippen LogP contribution is -2.31. The summed E-state index contributed by atoms with van der Waals surface area (Å²) in [6.07, 6.45) is -2.12. The van der Waals surface area contributed by atoms with Crippen molar-refractivity contribution in [2.45, 2.75) is 85.5 Å². The highest BCUT2D eigenvalue weighted by atomic mass is 16.6. The normalized spacial score (nSPS) is 10.6. The third-order valence-electron chi connectivity index (χ3n) is 17.6. The smallest absolute Gasteiger partial charge is 0.338 e. The highest BCUT2D eigenvalue weighted by molar-refractivity contribution is 5.89. The molecule has 12 aromatic carbocycles. The van der Waals surface area contributed by atoms with E-state index in [0.717, 1.165) is 55.8 Å². The Hall–Kier alpha value is -13.0. The minimum atomic E-state index is -0.722. The molecule has 0 aliphatic carbocycles. The fraction of sp³-hybridized carbons (Fsp3) is 0.206. The molecule has 0 fully saturated rings. The first-order valence-corrected chi connectivity index (χ1v) is 39.2. The van der Waals surface area contributed by atoms with Crippen LogP contribution in [0, 0.1) is 13.8 Å². The molecule has 0 saturated heterocycles. The van der Waals surface area contributed by atoms with Gasteiger partial charge in [0.05, 0.1) is 66.1 Å². The number of hydrogen-bond donors (Lipinski definition) is 5. The second-order valence-corrected chi connectivity index (χ2v) is 28.1. The highest BCUT2D eigenvalue weighted by Gasteiger charge is 2.19. The minimum absolute atomic E-state index is 0.124. The second-order valence-electron chi connectivity index (χ2n) is 28.1. The number of ether oxygens (including phenoxy) is 10. The number of rotatable bonds is 36. The van der Waals surface area contributed by atoms with Crippen molar-refractivity contribution in [3.8, 4) is 79.0 Å². The zero-order valence-corrected chi connectivity index (χ0v) is 68.5. The van der Waals surface area contributed by atoms with Crippen molar-refractivity contribution in [3.05, 3.63) is 385 Å². The molecule has 0 unspecified atom stereocenters. The van der Waals surface area contributed by atoms with Crippen LogP contribution in [0.1, 0.15) is 54.2 Å². The van der Waals surface area contributed by atoms with Crippen molar-refractivity contribution in [2.24, 2.45) is 0 Å². The van der Waals surface area contributed by atoms with Crippen LogP contribution in [-0.4, -0.2) is 121 Å². The van der Waals surface area contributed by atoms with E-state index < -0.39 is 36.2 Å². The molecule has 0 atom stereocenters. The van der Waals surface area contributed by atoms with E-state index in [4.69, 9.17) is 62.7 Å². The van der Waals surface area contributed by atoms with Gasteiger partial charge < -0.3 is 72.9 Å². The van der Waals surface area contributed by atoms with E-state index in [1.807, 2.05) is 170 Å². The average molecular weight is 1620 g/mol. The molecule has 5 N–H and O–H groups in total. The maximum Gasteiger partial charge on any atom is 0.338 e. The lowest BCUT2D eigenvalue weighted by molar-refractivity contribution is -0.146. The summed E-state index contributed by atoms with van der Waals surface area (Å²) < 4.78 is 55.8. The standard InChI is InChI=1S/C30H30O3.C27H28O7.C17H20O3.C15H16O4.C13H12O/c1-24-12-14-27(15-13-24)28-16-18-29(19-17-28)33-30(22-31-20-25-8-4-2-5-9-25)23-32-21-26-10-6-3-7-11-26;1-17(2)25(28)31-15-24(16-32-26(29)18(3)4)33-22-11-7-20(8-12-22)21-9-13-23(14-10-21)34-27(30)19(5)6;18-17(13-19-11-15-7-3-1-4-8-15)14-20-12-16-9-5-2-6-10-16;16-9-15(10-17)19-14-7-3-12(4-8-14)11-1-5-13(18)6-2-11;1-10-2-4-11(5-3-10)12-6-8-13(14)9-7-12/h2-19,30H,20-23H2,1H3;7-14,24H,1,3,5,15-16H2,2,4,6H3;1-10,17-18H,11-14H2;1-8,15-18H,9-10H2;2-9,14H,1H3. The highest BCUT2D eigenvalue weighted by Crippen LogP contribution is 2.29. The Balaban J connectivity index is 0.000000193. The van der Waals surface area contributed by atoms with E-state index in [1.54, 1.807) is 67.6 Å². The van der Waals surface area contributed by atoms with Crippen LogP contribution in [0.2, 0.25) is 0 Å². The van der Waals surface area contributed by atoms with Gasteiger partial charge in [-0.1, -0.05) is 274 Å². The van der Waals surface area contributed by atoms with Gasteiger partial charge in [-0.15, -0.1) is 0 Å². The van der Waals surface area contributed by atoms with Crippen LogP contribution in [0.3, 0.4) is 0 Å². The summed E-state index contributed by atoms with van der Waals surface area (Å²) >= 11 is 0. The molecule has 12 rings (SSSR count). The van der Waals surface area contributed by atoms with Gasteiger partial charge in [0, 0.05) is 16.7 Å². The van der Waals surface area contributed by atoms with Gasteiger partial charge in [0.1, 0.15) is 66.0 Å². The van der Waals surface area contributed by atoms with Crippen LogP contribution in [-0.2, 0) is 69.2 Å².